The molecule has 3 rings (SSSR count). The van der Waals surface area contributed by atoms with Crippen molar-refractivity contribution in [1.29, 1.82) is 5.41 Å². The summed E-state index contributed by atoms with van der Waals surface area (Å²) in [6.45, 7) is 0.336. The number of hydrogen-bond donors (Lipinski definition) is 2. The molecule has 3 heterocycles. The molecule has 0 fully saturated rings. The highest BCUT2D eigenvalue weighted by atomic mass is 16.7. The van der Waals surface area contributed by atoms with Crippen LogP contribution in [0.4, 0.5) is 0 Å². The summed E-state index contributed by atoms with van der Waals surface area (Å²) in [7, 11) is 3.09. The van der Waals surface area contributed by atoms with E-state index in [-0.39, 0.29) is 0 Å². The van der Waals surface area contributed by atoms with Gasteiger partial charge in [-0.25, -0.2) is 9.67 Å². The Morgan fingerprint density at radius 2 is 2.27 bits per heavy atom. The second-order valence-corrected chi connectivity index (χ2v) is 4.86. The summed E-state index contributed by atoms with van der Waals surface area (Å²) < 4.78 is 17.2. The quantitative estimate of drug-likeness (QED) is 0.768. The maximum absolute atomic E-state index is 8.16. The first-order valence-electron chi connectivity index (χ1n) is 6.78. The van der Waals surface area contributed by atoms with Crippen LogP contribution in [0.1, 0.15) is 12.1 Å². The summed E-state index contributed by atoms with van der Waals surface area (Å²) in [5, 5.41) is 12.5. The molecule has 9 heteroatoms. The van der Waals surface area contributed by atoms with Gasteiger partial charge in [-0.15, -0.1) is 5.10 Å². The van der Waals surface area contributed by atoms with Crippen LogP contribution >= 0.6 is 0 Å². The van der Waals surface area contributed by atoms with Gasteiger partial charge in [0.25, 0.3) is 0 Å². The summed E-state index contributed by atoms with van der Waals surface area (Å²) in [5.41, 5.74) is 6.21. The van der Waals surface area contributed by atoms with Crippen molar-refractivity contribution >= 4 is 5.84 Å². The predicted octanol–water partition coefficient (Wildman–Crippen LogP) is 0.407. The van der Waals surface area contributed by atoms with Gasteiger partial charge in [0.1, 0.15) is 11.7 Å². The number of fused-ring (bicyclic) bond motifs is 1. The molecule has 118 valence electrons. The Morgan fingerprint density at radius 1 is 1.50 bits per heavy atom. The molecule has 1 unspecified atom stereocenters. The molecule has 2 aromatic heterocycles. The van der Waals surface area contributed by atoms with Crippen LogP contribution in [-0.4, -0.2) is 52.6 Å². The minimum absolute atomic E-state index is 0.335. The van der Waals surface area contributed by atoms with Gasteiger partial charge in [0.2, 0.25) is 5.82 Å². The largest absolute Gasteiger partial charge is 0.461 e. The van der Waals surface area contributed by atoms with Crippen molar-refractivity contribution < 1.29 is 13.9 Å². The molecule has 0 aliphatic carbocycles. The van der Waals surface area contributed by atoms with Gasteiger partial charge in [0.05, 0.1) is 19.2 Å². The second kappa shape index (κ2) is 5.87. The van der Waals surface area contributed by atoms with Crippen molar-refractivity contribution in [2.24, 2.45) is 5.73 Å². The Kier molecular flexibility index (Phi) is 3.92. The van der Waals surface area contributed by atoms with Crippen molar-refractivity contribution in [3.8, 4) is 11.6 Å². The van der Waals surface area contributed by atoms with Gasteiger partial charge >= 0.3 is 0 Å². The molecule has 9 nitrogen and oxygen atoms in total. The van der Waals surface area contributed by atoms with Crippen LogP contribution in [0, 0.1) is 5.41 Å². The number of methoxy groups -OCH3 is 2. The topological polar surface area (TPSA) is 115 Å². The van der Waals surface area contributed by atoms with Gasteiger partial charge in [-0.1, -0.05) is 0 Å². The summed E-state index contributed by atoms with van der Waals surface area (Å²) in [5.74, 6) is 2.00. The highest BCUT2D eigenvalue weighted by Crippen LogP contribution is 2.23. The molecule has 2 aromatic rings. The zero-order valence-electron chi connectivity index (χ0n) is 12.4. The van der Waals surface area contributed by atoms with Crippen LogP contribution in [-0.2, 0) is 15.9 Å². The number of furan rings is 1. The van der Waals surface area contributed by atoms with Crippen LogP contribution < -0.4 is 5.73 Å². The monoisotopic (exact) mass is 306 g/mol. The Hall–Kier alpha value is -2.23. The van der Waals surface area contributed by atoms with E-state index in [4.69, 9.17) is 25.0 Å². The fourth-order valence-corrected chi connectivity index (χ4v) is 2.37. The molecule has 0 saturated heterocycles. The first kappa shape index (κ1) is 14.7. The van der Waals surface area contributed by atoms with Gasteiger partial charge in [-0.2, -0.15) is 0 Å². The summed E-state index contributed by atoms with van der Waals surface area (Å²) in [4.78, 5) is 6.07. The van der Waals surface area contributed by atoms with Crippen molar-refractivity contribution in [2.45, 2.75) is 19.0 Å². The molecule has 1 aliphatic rings. The van der Waals surface area contributed by atoms with Gasteiger partial charge in [-0.3, -0.25) is 11.1 Å². The lowest BCUT2D eigenvalue weighted by atomic mass is 10.2. The third-order valence-corrected chi connectivity index (χ3v) is 3.56. The number of hydrogen-bond acceptors (Lipinski definition) is 7. The zero-order chi connectivity index (χ0) is 15.7. The average Bonchev–Trinajstić information content (AvgIpc) is 3.16. The van der Waals surface area contributed by atoms with Crippen molar-refractivity contribution in [3.05, 3.63) is 24.2 Å². The average molecular weight is 306 g/mol. The van der Waals surface area contributed by atoms with E-state index < -0.39 is 12.6 Å². The summed E-state index contributed by atoms with van der Waals surface area (Å²) in [6.07, 6.45) is 0.786. The van der Waals surface area contributed by atoms with Crippen molar-refractivity contribution in [2.75, 3.05) is 20.8 Å². The van der Waals surface area contributed by atoms with Gasteiger partial charge in [-0.05, 0) is 12.1 Å². The van der Waals surface area contributed by atoms with E-state index in [1.54, 1.807) is 42.2 Å². The number of nitrogens with two attached hydrogens (primary N) is 1. The minimum Gasteiger partial charge on any atom is -0.461 e. The van der Waals surface area contributed by atoms with Crippen LogP contribution in [0.2, 0.25) is 0 Å². The zero-order valence-corrected chi connectivity index (χ0v) is 12.4. The first-order chi connectivity index (χ1) is 10.6. The molecule has 1 atom stereocenters. The van der Waals surface area contributed by atoms with Crippen LogP contribution in [0.25, 0.3) is 11.6 Å². The molecule has 0 bridgehead atoms. The number of aromatic nitrogens is 3. The SMILES string of the molecule is COC(CN1C(=N)Cc2nc(-c3ccco3)nn2C1N)OC. The normalized spacial score (nSPS) is 18.1. The number of nitrogens with zero attached hydrogens (tertiary/aromatic N) is 4. The number of rotatable bonds is 5. The third-order valence-electron chi connectivity index (χ3n) is 3.56. The Bertz CT molecular complexity index is 649. The lowest BCUT2D eigenvalue weighted by molar-refractivity contribution is -0.116. The first-order valence-corrected chi connectivity index (χ1v) is 6.78. The van der Waals surface area contributed by atoms with E-state index in [9.17, 15) is 0 Å². The molecular formula is C13H18N6O3. The highest BCUT2D eigenvalue weighted by Gasteiger charge is 2.32. The predicted molar refractivity (Wildman–Crippen MR) is 76.9 cm³/mol. The Labute approximate surface area is 127 Å². The number of ether oxygens (including phenoxy) is 2. The fraction of sp³-hybridized carbons (Fsp3) is 0.462. The van der Waals surface area contributed by atoms with E-state index in [2.05, 4.69) is 10.1 Å². The van der Waals surface area contributed by atoms with E-state index in [0.717, 1.165) is 0 Å². The maximum Gasteiger partial charge on any atom is 0.217 e. The van der Waals surface area contributed by atoms with Crippen LogP contribution in [0.15, 0.2) is 22.8 Å². The van der Waals surface area contributed by atoms with E-state index in [1.807, 2.05) is 0 Å². The molecular weight excluding hydrogens is 288 g/mol. The Balaban J connectivity index is 1.87. The molecule has 0 amide bonds. The van der Waals surface area contributed by atoms with Crippen LogP contribution in [0.3, 0.4) is 0 Å². The maximum atomic E-state index is 8.16. The second-order valence-electron chi connectivity index (χ2n) is 4.86. The smallest absolute Gasteiger partial charge is 0.217 e. The van der Waals surface area contributed by atoms with Crippen LogP contribution in [0.5, 0.6) is 0 Å². The summed E-state index contributed by atoms with van der Waals surface area (Å²) >= 11 is 0. The fourth-order valence-electron chi connectivity index (χ4n) is 2.37. The molecule has 0 aromatic carbocycles. The highest BCUT2D eigenvalue weighted by molar-refractivity contribution is 5.82. The lowest BCUT2D eigenvalue weighted by Gasteiger charge is -2.36. The number of amidine groups is 1. The van der Waals surface area contributed by atoms with E-state index in [0.29, 0.717) is 36.2 Å². The molecule has 3 N–H and O–H groups in total. The molecule has 1 aliphatic heterocycles. The number of nitrogens with one attached hydrogen (secondary N) is 1. The van der Waals surface area contributed by atoms with Gasteiger partial charge in [0, 0.05) is 14.2 Å². The molecule has 0 radical (unpaired) electrons. The molecule has 22 heavy (non-hydrogen) atoms. The lowest BCUT2D eigenvalue weighted by Crippen LogP contribution is -2.51. The molecule has 0 saturated carbocycles. The van der Waals surface area contributed by atoms with E-state index in [1.165, 1.54) is 0 Å². The van der Waals surface area contributed by atoms with Gasteiger partial charge in [0.15, 0.2) is 18.3 Å². The minimum atomic E-state index is -0.639. The molecule has 0 spiro atoms. The van der Waals surface area contributed by atoms with Crippen molar-refractivity contribution in [1.82, 2.24) is 19.7 Å². The summed E-state index contributed by atoms with van der Waals surface area (Å²) in [6, 6.07) is 3.55. The van der Waals surface area contributed by atoms with Gasteiger partial charge < -0.3 is 18.8 Å². The van der Waals surface area contributed by atoms with Crippen molar-refractivity contribution in [3.63, 3.8) is 0 Å². The third kappa shape index (κ3) is 2.49. The Morgan fingerprint density at radius 3 is 2.91 bits per heavy atom. The standard InChI is InChI=1S/C13H18N6O3/c1-20-11(21-2)7-18-9(14)6-10-16-12(8-4-3-5-22-8)17-19(10)13(18)15/h3-5,11,13-14H,6-7,15H2,1-2H3. The van der Waals surface area contributed by atoms with E-state index >= 15 is 0 Å².